The number of rotatable bonds is 7. The molecule has 156 valence electrons. The second-order valence-corrected chi connectivity index (χ2v) is 8.20. The molecule has 0 bridgehead atoms. The van der Waals surface area contributed by atoms with Crippen molar-refractivity contribution in [2.45, 2.75) is 26.9 Å². The van der Waals surface area contributed by atoms with Gasteiger partial charge >= 0.3 is 5.97 Å². The van der Waals surface area contributed by atoms with Gasteiger partial charge in [0.2, 0.25) is 0 Å². The van der Waals surface area contributed by atoms with Crippen LogP contribution in [0.5, 0.6) is 5.75 Å². The van der Waals surface area contributed by atoms with Crippen LogP contribution in [0.2, 0.25) is 0 Å². The molecule has 0 spiro atoms. The predicted octanol–water partition coefficient (Wildman–Crippen LogP) is 5.79. The van der Waals surface area contributed by atoms with Gasteiger partial charge in [-0.25, -0.2) is 4.79 Å². The van der Waals surface area contributed by atoms with Gasteiger partial charge in [-0.15, -0.1) is 11.3 Å². The third-order valence-corrected chi connectivity index (χ3v) is 5.81. The summed E-state index contributed by atoms with van der Waals surface area (Å²) in [6, 6.07) is 17.6. The number of aryl methyl sites for hydroxylation is 1. The molecule has 0 fully saturated rings. The van der Waals surface area contributed by atoms with Crippen molar-refractivity contribution in [2.24, 2.45) is 0 Å². The molecule has 0 unspecified atom stereocenters. The lowest BCUT2D eigenvalue weighted by molar-refractivity contribution is 0.0601. The first-order valence-corrected chi connectivity index (χ1v) is 10.8. The highest BCUT2D eigenvalue weighted by Crippen LogP contribution is 2.34. The summed E-state index contributed by atoms with van der Waals surface area (Å²) in [7, 11) is 1.39. The van der Waals surface area contributed by atoms with Crippen molar-refractivity contribution in [3.63, 3.8) is 0 Å². The number of ether oxygens (including phenoxy) is 2. The summed E-state index contributed by atoms with van der Waals surface area (Å²) in [5, 5.41) is 7.38. The van der Waals surface area contributed by atoms with Gasteiger partial charge in [0.25, 0.3) is 0 Å². The molecule has 0 amide bonds. The van der Waals surface area contributed by atoms with Crippen molar-refractivity contribution >= 4 is 45.3 Å². The molecule has 30 heavy (non-hydrogen) atoms. The summed E-state index contributed by atoms with van der Waals surface area (Å²) in [4.78, 5) is 13.3. The van der Waals surface area contributed by atoms with E-state index in [1.54, 1.807) is 0 Å². The lowest BCUT2D eigenvalue weighted by Crippen LogP contribution is -2.20. The van der Waals surface area contributed by atoms with Crippen molar-refractivity contribution in [3.8, 4) is 5.75 Å². The number of nitrogens with one attached hydrogen (secondary N) is 2. The molecule has 0 radical (unpaired) electrons. The Morgan fingerprint density at radius 1 is 1.07 bits per heavy atom. The molecular weight excluding hydrogens is 416 g/mol. The van der Waals surface area contributed by atoms with Crippen molar-refractivity contribution < 1.29 is 14.3 Å². The highest BCUT2D eigenvalue weighted by molar-refractivity contribution is 7.80. The molecule has 5 nitrogen and oxygen atoms in total. The van der Waals surface area contributed by atoms with Crippen LogP contribution in [-0.2, 0) is 17.8 Å². The summed E-state index contributed by atoms with van der Waals surface area (Å²) in [5.74, 6) is 0.416. The molecule has 0 atom stereocenters. The normalized spacial score (nSPS) is 10.4. The Balaban J connectivity index is 1.62. The maximum Gasteiger partial charge on any atom is 0.341 e. The number of thiocarbonyl (C=S) groups is 1. The largest absolute Gasteiger partial charge is 0.489 e. The number of hydrogen-bond donors (Lipinski definition) is 2. The van der Waals surface area contributed by atoms with E-state index in [2.05, 4.69) is 10.6 Å². The monoisotopic (exact) mass is 440 g/mol. The predicted molar refractivity (Wildman–Crippen MR) is 127 cm³/mol. The first-order chi connectivity index (χ1) is 14.5. The second kappa shape index (κ2) is 10.2. The van der Waals surface area contributed by atoms with Gasteiger partial charge < -0.3 is 20.1 Å². The average Bonchev–Trinajstić information content (AvgIpc) is 3.07. The molecule has 7 heteroatoms. The molecule has 0 aliphatic carbocycles. The van der Waals surface area contributed by atoms with Gasteiger partial charge in [-0.05, 0) is 61.0 Å². The zero-order valence-electron chi connectivity index (χ0n) is 17.2. The van der Waals surface area contributed by atoms with Crippen molar-refractivity contribution in [1.29, 1.82) is 0 Å². The zero-order chi connectivity index (χ0) is 21.5. The summed E-state index contributed by atoms with van der Waals surface area (Å²) >= 11 is 6.93. The fourth-order valence-electron chi connectivity index (χ4n) is 3.05. The summed E-state index contributed by atoms with van der Waals surface area (Å²) < 4.78 is 10.8. The SMILES string of the molecule is CCc1c(C)sc(NC(=S)Nc2ccc(OCc3ccccc3)cc2)c1C(=O)OC. The molecule has 2 aromatic carbocycles. The number of esters is 1. The van der Waals surface area contributed by atoms with E-state index in [0.29, 0.717) is 22.3 Å². The van der Waals surface area contributed by atoms with E-state index >= 15 is 0 Å². The van der Waals surface area contributed by atoms with Crippen LogP contribution in [0, 0.1) is 6.92 Å². The minimum absolute atomic E-state index is 0.360. The molecule has 0 aliphatic heterocycles. The fourth-order valence-corrected chi connectivity index (χ4v) is 4.47. The Labute approximate surface area is 186 Å². The van der Waals surface area contributed by atoms with E-state index in [1.807, 2.05) is 68.4 Å². The van der Waals surface area contributed by atoms with Crippen LogP contribution in [0.25, 0.3) is 0 Å². The fraction of sp³-hybridized carbons (Fsp3) is 0.217. The van der Waals surface area contributed by atoms with Gasteiger partial charge in [-0.1, -0.05) is 37.3 Å². The summed E-state index contributed by atoms with van der Waals surface area (Å²) in [6.45, 7) is 4.52. The van der Waals surface area contributed by atoms with Gasteiger partial charge in [0.1, 0.15) is 17.4 Å². The van der Waals surface area contributed by atoms with Crippen LogP contribution < -0.4 is 15.4 Å². The Morgan fingerprint density at radius 2 is 1.77 bits per heavy atom. The minimum Gasteiger partial charge on any atom is -0.489 e. The second-order valence-electron chi connectivity index (χ2n) is 6.56. The number of benzene rings is 2. The van der Waals surface area contributed by atoms with Crippen LogP contribution in [0.3, 0.4) is 0 Å². The van der Waals surface area contributed by atoms with Crippen molar-refractivity contribution in [1.82, 2.24) is 0 Å². The lowest BCUT2D eigenvalue weighted by atomic mass is 10.1. The standard InChI is InChI=1S/C23H24N2O3S2/c1-4-19-15(2)30-21(20(19)22(26)27-3)25-23(29)24-17-10-12-18(13-11-17)28-14-16-8-6-5-7-9-16/h5-13H,4,14H2,1-3H3,(H2,24,25,29). The van der Waals surface area contributed by atoms with Crippen LogP contribution in [0.4, 0.5) is 10.7 Å². The Hall–Kier alpha value is -2.90. The van der Waals surface area contributed by atoms with Crippen LogP contribution in [-0.4, -0.2) is 18.2 Å². The zero-order valence-corrected chi connectivity index (χ0v) is 18.8. The summed E-state index contributed by atoms with van der Waals surface area (Å²) in [5.41, 5.74) is 3.47. The van der Waals surface area contributed by atoms with Gasteiger partial charge in [0.05, 0.1) is 12.7 Å². The Bertz CT molecular complexity index is 1010. The number of anilines is 2. The van der Waals surface area contributed by atoms with Gasteiger partial charge in [0, 0.05) is 10.6 Å². The molecular formula is C23H24N2O3S2. The lowest BCUT2D eigenvalue weighted by Gasteiger charge is -2.12. The molecule has 3 aromatic rings. The van der Waals surface area contributed by atoms with Gasteiger partial charge in [-0.3, -0.25) is 0 Å². The summed E-state index contributed by atoms with van der Waals surface area (Å²) in [6.07, 6.45) is 0.749. The van der Waals surface area contributed by atoms with Crippen molar-refractivity contribution in [3.05, 3.63) is 76.2 Å². The molecule has 0 aliphatic rings. The molecule has 3 rings (SSSR count). The molecule has 1 aromatic heterocycles. The number of carbonyl (C=O) groups is 1. The van der Waals surface area contributed by atoms with E-state index in [0.717, 1.165) is 33.9 Å². The molecule has 0 saturated carbocycles. The van der Waals surface area contributed by atoms with Crippen LogP contribution in [0.15, 0.2) is 54.6 Å². The number of thiophene rings is 1. The number of hydrogen-bond acceptors (Lipinski definition) is 5. The van der Waals surface area contributed by atoms with E-state index in [4.69, 9.17) is 21.7 Å². The first-order valence-electron chi connectivity index (χ1n) is 9.57. The third kappa shape index (κ3) is 5.37. The van der Waals surface area contributed by atoms with E-state index in [-0.39, 0.29) is 5.97 Å². The van der Waals surface area contributed by atoms with E-state index < -0.39 is 0 Å². The van der Waals surface area contributed by atoms with Crippen LogP contribution >= 0.6 is 23.6 Å². The van der Waals surface area contributed by atoms with Crippen LogP contribution in [0.1, 0.15) is 33.3 Å². The maximum atomic E-state index is 12.2. The van der Waals surface area contributed by atoms with E-state index in [9.17, 15) is 4.79 Å². The molecule has 0 saturated heterocycles. The number of methoxy groups -OCH3 is 1. The topological polar surface area (TPSA) is 59.6 Å². The third-order valence-electron chi connectivity index (χ3n) is 4.54. The Kier molecular flexibility index (Phi) is 7.43. The highest BCUT2D eigenvalue weighted by Gasteiger charge is 2.22. The number of carbonyl (C=O) groups excluding carboxylic acids is 1. The Morgan fingerprint density at radius 3 is 2.40 bits per heavy atom. The minimum atomic E-state index is -0.360. The van der Waals surface area contributed by atoms with Gasteiger partial charge in [-0.2, -0.15) is 0 Å². The average molecular weight is 441 g/mol. The first kappa shape index (κ1) is 21.8. The highest BCUT2D eigenvalue weighted by atomic mass is 32.1. The molecule has 2 N–H and O–H groups in total. The van der Waals surface area contributed by atoms with E-state index in [1.165, 1.54) is 18.4 Å². The maximum absolute atomic E-state index is 12.2. The quantitative estimate of drug-likeness (QED) is 0.358. The van der Waals surface area contributed by atoms with Crippen molar-refractivity contribution in [2.75, 3.05) is 17.7 Å². The molecule has 1 heterocycles. The van der Waals surface area contributed by atoms with Gasteiger partial charge in [0.15, 0.2) is 5.11 Å². The smallest absolute Gasteiger partial charge is 0.341 e.